The van der Waals surface area contributed by atoms with Gasteiger partial charge in [0, 0.05) is 75.9 Å². The number of piperazine rings is 1. The fourth-order valence-corrected chi connectivity index (χ4v) is 6.30. The standard InChI is InChI=1S/C31H37FN6O3S/c1-31(2,40)19-38-13-11-37(12-14-38)18-20-3-7-24(34-17-20)28-16-25-29(42-28)27(9-10-33-25)41-26-8-6-22(15-23(26)32)36-30(39)35-21-4-5-21/h3,6-10,16-17,21,23,40H,4-5,11-15,18-19H2,1-2H3,(H2,35,36,39). The lowest BCUT2D eigenvalue weighted by molar-refractivity contribution is 0.0166. The van der Waals surface area contributed by atoms with Crippen molar-refractivity contribution < 1.29 is 19.0 Å². The van der Waals surface area contributed by atoms with E-state index in [1.807, 2.05) is 32.2 Å². The number of alkyl halides is 1. The van der Waals surface area contributed by atoms with E-state index in [1.165, 1.54) is 11.3 Å². The third-order valence-corrected chi connectivity index (χ3v) is 8.67. The van der Waals surface area contributed by atoms with Crippen LogP contribution >= 0.6 is 11.3 Å². The fraction of sp³-hybridized carbons (Fsp3) is 0.452. The quantitative estimate of drug-likeness (QED) is 0.334. The number of hydrogen-bond donors (Lipinski definition) is 3. The lowest BCUT2D eigenvalue weighted by Gasteiger charge is -2.37. The normalized spacial score (nSPS) is 20.2. The van der Waals surface area contributed by atoms with Gasteiger partial charge in [-0.1, -0.05) is 6.07 Å². The number of fused-ring (bicyclic) bond motifs is 1. The minimum Gasteiger partial charge on any atom is -0.457 e. The van der Waals surface area contributed by atoms with Crippen LogP contribution in [0.2, 0.25) is 0 Å². The fourth-order valence-electron chi connectivity index (χ4n) is 5.26. The van der Waals surface area contributed by atoms with Crippen molar-refractivity contribution in [3.63, 3.8) is 0 Å². The molecule has 4 heterocycles. The maximum absolute atomic E-state index is 15.0. The van der Waals surface area contributed by atoms with Gasteiger partial charge in [-0.05, 0) is 56.5 Å². The molecule has 1 unspecified atom stereocenters. The molecule has 1 saturated heterocycles. The Labute approximate surface area is 249 Å². The summed E-state index contributed by atoms with van der Waals surface area (Å²) in [5, 5.41) is 15.7. The average Bonchev–Trinajstić information content (AvgIpc) is 3.64. The number of allylic oxidation sites excluding steroid dienone is 4. The number of aromatic nitrogens is 2. The molecule has 42 heavy (non-hydrogen) atoms. The van der Waals surface area contributed by atoms with Gasteiger partial charge in [0.05, 0.1) is 26.4 Å². The number of pyridine rings is 2. The SMILES string of the molecule is CC(C)(O)CN1CCN(Cc2ccc(-c3cc4nccc(OC5=CC=C(NC(=O)NC6CC6)CC5F)c4s3)nc2)CC1. The molecule has 3 aliphatic rings. The van der Waals surface area contributed by atoms with Crippen LogP contribution in [0.5, 0.6) is 5.75 Å². The second-order valence-corrected chi connectivity index (χ2v) is 13.0. The van der Waals surface area contributed by atoms with Gasteiger partial charge in [-0.15, -0.1) is 11.3 Å². The van der Waals surface area contributed by atoms with Crippen LogP contribution in [-0.4, -0.2) is 81.4 Å². The van der Waals surface area contributed by atoms with Gasteiger partial charge in [0.15, 0.2) is 6.17 Å². The van der Waals surface area contributed by atoms with E-state index in [0.29, 0.717) is 18.0 Å². The van der Waals surface area contributed by atoms with Crippen LogP contribution in [0.4, 0.5) is 9.18 Å². The van der Waals surface area contributed by atoms with E-state index in [-0.39, 0.29) is 24.3 Å². The van der Waals surface area contributed by atoms with E-state index in [0.717, 1.165) is 71.9 Å². The van der Waals surface area contributed by atoms with E-state index >= 15 is 4.39 Å². The monoisotopic (exact) mass is 592 g/mol. The highest BCUT2D eigenvalue weighted by Crippen LogP contribution is 2.38. The number of aliphatic hydroxyl groups is 1. The molecule has 0 aromatic carbocycles. The van der Waals surface area contributed by atoms with Gasteiger partial charge in [-0.25, -0.2) is 9.18 Å². The summed E-state index contributed by atoms with van der Waals surface area (Å²) in [4.78, 5) is 26.9. The number of rotatable bonds is 9. The molecule has 0 radical (unpaired) electrons. The molecule has 2 fully saturated rings. The van der Waals surface area contributed by atoms with Crippen molar-refractivity contribution >= 4 is 27.6 Å². The van der Waals surface area contributed by atoms with Gasteiger partial charge in [0.2, 0.25) is 0 Å². The average molecular weight is 593 g/mol. The van der Waals surface area contributed by atoms with Crippen molar-refractivity contribution in [2.75, 3.05) is 32.7 Å². The van der Waals surface area contributed by atoms with Crippen LogP contribution in [0.1, 0.15) is 38.7 Å². The van der Waals surface area contributed by atoms with Crippen molar-refractivity contribution in [1.82, 2.24) is 30.4 Å². The van der Waals surface area contributed by atoms with E-state index in [2.05, 4.69) is 31.5 Å². The molecule has 9 nitrogen and oxygen atoms in total. The second-order valence-electron chi connectivity index (χ2n) is 12.0. The predicted octanol–water partition coefficient (Wildman–Crippen LogP) is 4.60. The number of nitrogens with one attached hydrogen (secondary N) is 2. The Hall–Kier alpha value is -3.38. The van der Waals surface area contributed by atoms with Gasteiger partial charge in [0.25, 0.3) is 0 Å². The Morgan fingerprint density at radius 2 is 1.93 bits per heavy atom. The molecular weight excluding hydrogens is 555 g/mol. The summed E-state index contributed by atoms with van der Waals surface area (Å²) in [5.41, 5.74) is 2.63. The zero-order valence-corrected chi connectivity index (χ0v) is 24.8. The van der Waals surface area contributed by atoms with E-state index in [9.17, 15) is 9.90 Å². The number of nitrogens with zero attached hydrogens (tertiary/aromatic N) is 4. The van der Waals surface area contributed by atoms with Crippen molar-refractivity contribution in [3.05, 3.63) is 65.8 Å². The zero-order chi connectivity index (χ0) is 29.3. The lowest BCUT2D eigenvalue weighted by atomic mass is 10.1. The van der Waals surface area contributed by atoms with Crippen LogP contribution < -0.4 is 15.4 Å². The van der Waals surface area contributed by atoms with Crippen LogP contribution in [0, 0.1) is 0 Å². The maximum atomic E-state index is 15.0. The number of carbonyl (C=O) groups is 1. The van der Waals surface area contributed by atoms with Crippen LogP contribution in [0.25, 0.3) is 20.8 Å². The van der Waals surface area contributed by atoms with Crippen molar-refractivity contribution in [2.24, 2.45) is 0 Å². The molecule has 2 amide bonds. The zero-order valence-electron chi connectivity index (χ0n) is 24.0. The Morgan fingerprint density at radius 3 is 2.62 bits per heavy atom. The summed E-state index contributed by atoms with van der Waals surface area (Å²) in [6, 6.07) is 7.82. The van der Waals surface area contributed by atoms with Crippen LogP contribution in [0.15, 0.2) is 60.3 Å². The van der Waals surface area contributed by atoms with E-state index < -0.39 is 11.8 Å². The minimum atomic E-state index is -1.37. The number of halogens is 1. The molecule has 2 aliphatic carbocycles. The number of β-amino-alcohol motifs (C(OH)–C–C–N with tert-alkyl or cyclic N) is 1. The summed E-state index contributed by atoms with van der Waals surface area (Å²) >= 11 is 1.52. The smallest absolute Gasteiger partial charge is 0.319 e. The molecule has 3 aromatic heterocycles. The number of thiophene rings is 1. The summed E-state index contributed by atoms with van der Waals surface area (Å²) < 4.78 is 21.9. The Morgan fingerprint density at radius 1 is 1.14 bits per heavy atom. The molecule has 6 rings (SSSR count). The Balaban J connectivity index is 1.09. The highest BCUT2D eigenvalue weighted by molar-refractivity contribution is 7.22. The van der Waals surface area contributed by atoms with Gasteiger partial charge in [-0.3, -0.25) is 19.8 Å². The molecule has 0 bridgehead atoms. The third-order valence-electron chi connectivity index (χ3n) is 7.51. The maximum Gasteiger partial charge on any atom is 0.319 e. The highest BCUT2D eigenvalue weighted by atomic mass is 32.1. The topological polar surface area (TPSA) is 103 Å². The largest absolute Gasteiger partial charge is 0.457 e. The second kappa shape index (κ2) is 12.1. The molecular formula is C31H37FN6O3S. The Bertz CT molecular complexity index is 1490. The summed E-state index contributed by atoms with van der Waals surface area (Å²) in [7, 11) is 0. The van der Waals surface area contributed by atoms with E-state index in [4.69, 9.17) is 9.72 Å². The minimum absolute atomic E-state index is 0.0423. The molecule has 3 aromatic rings. The van der Waals surface area contributed by atoms with Crippen molar-refractivity contribution in [1.29, 1.82) is 0 Å². The number of urea groups is 1. The summed E-state index contributed by atoms with van der Waals surface area (Å²) in [6.45, 7) is 9.05. The lowest BCUT2D eigenvalue weighted by Crippen LogP contribution is -2.50. The highest BCUT2D eigenvalue weighted by Gasteiger charge is 2.26. The summed E-state index contributed by atoms with van der Waals surface area (Å²) in [5.74, 6) is 0.746. The molecule has 11 heteroatoms. The first kappa shape index (κ1) is 28.7. The van der Waals surface area contributed by atoms with Crippen molar-refractivity contribution in [3.8, 4) is 16.3 Å². The van der Waals surface area contributed by atoms with Gasteiger partial charge < -0.3 is 20.5 Å². The number of hydrogen-bond acceptors (Lipinski definition) is 8. The molecule has 3 N–H and O–H groups in total. The first-order valence-corrected chi connectivity index (χ1v) is 15.3. The molecule has 1 saturated carbocycles. The molecule has 1 atom stereocenters. The van der Waals surface area contributed by atoms with Gasteiger partial charge in [-0.2, -0.15) is 0 Å². The Kier molecular flexibility index (Phi) is 8.26. The summed E-state index contributed by atoms with van der Waals surface area (Å²) in [6.07, 6.45) is 7.52. The molecule has 1 aliphatic heterocycles. The van der Waals surface area contributed by atoms with Gasteiger partial charge in [0.1, 0.15) is 11.5 Å². The van der Waals surface area contributed by atoms with Crippen LogP contribution in [0.3, 0.4) is 0 Å². The molecule has 0 spiro atoms. The first-order chi connectivity index (χ1) is 20.2. The first-order valence-electron chi connectivity index (χ1n) is 14.5. The number of amides is 2. The van der Waals surface area contributed by atoms with Crippen LogP contribution in [-0.2, 0) is 6.54 Å². The predicted molar refractivity (Wildman–Crippen MR) is 162 cm³/mol. The number of carbonyl (C=O) groups excluding carboxylic acids is 1. The number of ether oxygens (including phenoxy) is 1. The van der Waals surface area contributed by atoms with Crippen molar-refractivity contribution in [2.45, 2.75) is 57.5 Å². The molecule has 222 valence electrons. The van der Waals surface area contributed by atoms with E-state index in [1.54, 1.807) is 24.4 Å². The van der Waals surface area contributed by atoms with Gasteiger partial charge >= 0.3 is 6.03 Å². The third kappa shape index (κ3) is 7.33.